The van der Waals surface area contributed by atoms with Gasteiger partial charge in [-0.25, -0.2) is 0 Å². The lowest BCUT2D eigenvalue weighted by Crippen LogP contribution is -2.13. The standard InChI is InChI=1S/C19H16N2OS/c22-19(18-6-3-13-23-18)20-15-7-9-16(10-8-15)21-12-11-14-4-1-2-5-17(14)21/h1-10,13H,11-12H2,(H,20,22). The number of nitrogens with zero attached hydrogens (tertiary/aromatic N) is 1. The molecule has 23 heavy (non-hydrogen) atoms. The second-order valence-electron chi connectivity index (χ2n) is 5.51. The predicted molar refractivity (Wildman–Crippen MR) is 95.9 cm³/mol. The molecule has 4 rings (SSSR count). The van der Waals surface area contributed by atoms with E-state index in [4.69, 9.17) is 0 Å². The van der Waals surface area contributed by atoms with Gasteiger partial charge < -0.3 is 10.2 Å². The number of fused-ring (bicyclic) bond motifs is 1. The number of hydrogen-bond donors (Lipinski definition) is 1. The Bertz CT molecular complexity index is 825. The minimum absolute atomic E-state index is 0.0562. The Labute approximate surface area is 139 Å². The molecule has 114 valence electrons. The fourth-order valence-electron chi connectivity index (χ4n) is 2.93. The minimum atomic E-state index is -0.0562. The van der Waals surface area contributed by atoms with Crippen LogP contribution in [0.15, 0.2) is 66.0 Å². The van der Waals surface area contributed by atoms with Gasteiger partial charge in [-0.2, -0.15) is 0 Å². The number of anilines is 3. The second-order valence-corrected chi connectivity index (χ2v) is 6.46. The van der Waals surface area contributed by atoms with Gasteiger partial charge in [0.1, 0.15) is 0 Å². The molecule has 0 atom stereocenters. The van der Waals surface area contributed by atoms with Crippen molar-refractivity contribution in [3.05, 3.63) is 76.5 Å². The molecular weight excluding hydrogens is 304 g/mol. The molecular formula is C19H16N2OS. The lowest BCUT2D eigenvalue weighted by atomic mass is 10.2. The quantitative estimate of drug-likeness (QED) is 0.759. The van der Waals surface area contributed by atoms with Crippen molar-refractivity contribution in [3.63, 3.8) is 0 Å². The highest BCUT2D eigenvalue weighted by atomic mass is 32.1. The Balaban J connectivity index is 1.52. The topological polar surface area (TPSA) is 32.3 Å². The van der Waals surface area contributed by atoms with Crippen molar-refractivity contribution in [2.75, 3.05) is 16.8 Å². The van der Waals surface area contributed by atoms with Gasteiger partial charge in [-0.15, -0.1) is 11.3 Å². The number of carbonyl (C=O) groups excluding carboxylic acids is 1. The van der Waals surface area contributed by atoms with Crippen LogP contribution in [0.25, 0.3) is 0 Å². The van der Waals surface area contributed by atoms with Crippen molar-refractivity contribution in [2.45, 2.75) is 6.42 Å². The second kappa shape index (κ2) is 5.89. The fraction of sp³-hybridized carbons (Fsp3) is 0.105. The first-order chi connectivity index (χ1) is 11.3. The number of carbonyl (C=O) groups is 1. The van der Waals surface area contributed by atoms with E-state index < -0.39 is 0 Å². The lowest BCUT2D eigenvalue weighted by molar-refractivity contribution is 0.103. The highest BCUT2D eigenvalue weighted by molar-refractivity contribution is 7.12. The van der Waals surface area contributed by atoms with Crippen molar-refractivity contribution in [1.29, 1.82) is 0 Å². The van der Waals surface area contributed by atoms with Gasteiger partial charge in [-0.3, -0.25) is 4.79 Å². The molecule has 4 heteroatoms. The van der Waals surface area contributed by atoms with Crippen molar-refractivity contribution in [2.24, 2.45) is 0 Å². The number of rotatable bonds is 3. The van der Waals surface area contributed by atoms with Gasteiger partial charge in [0.25, 0.3) is 5.91 Å². The van der Waals surface area contributed by atoms with Crippen LogP contribution in [0.3, 0.4) is 0 Å². The molecule has 0 radical (unpaired) electrons. The summed E-state index contributed by atoms with van der Waals surface area (Å²) in [6, 6.07) is 20.3. The zero-order valence-electron chi connectivity index (χ0n) is 12.5. The molecule has 0 unspecified atom stereocenters. The summed E-state index contributed by atoms with van der Waals surface area (Å²) in [7, 11) is 0. The molecule has 1 amide bonds. The van der Waals surface area contributed by atoms with Crippen LogP contribution in [0.4, 0.5) is 17.1 Å². The highest BCUT2D eigenvalue weighted by Crippen LogP contribution is 2.34. The summed E-state index contributed by atoms with van der Waals surface area (Å²) in [5.74, 6) is -0.0562. The van der Waals surface area contributed by atoms with Gasteiger partial charge in [0.2, 0.25) is 0 Å². The summed E-state index contributed by atoms with van der Waals surface area (Å²) in [6.45, 7) is 1.00. The zero-order valence-corrected chi connectivity index (χ0v) is 13.3. The average molecular weight is 320 g/mol. The molecule has 0 saturated carbocycles. The maximum Gasteiger partial charge on any atom is 0.265 e. The first-order valence-electron chi connectivity index (χ1n) is 7.62. The van der Waals surface area contributed by atoms with E-state index in [2.05, 4.69) is 46.6 Å². The first kappa shape index (κ1) is 14.0. The molecule has 0 aliphatic carbocycles. The third-order valence-corrected chi connectivity index (χ3v) is 4.94. The van der Waals surface area contributed by atoms with E-state index in [1.165, 1.54) is 22.6 Å². The third-order valence-electron chi connectivity index (χ3n) is 4.07. The molecule has 2 aromatic carbocycles. The van der Waals surface area contributed by atoms with E-state index in [-0.39, 0.29) is 5.91 Å². The van der Waals surface area contributed by atoms with Gasteiger partial charge in [-0.05, 0) is 53.8 Å². The fourth-order valence-corrected chi connectivity index (χ4v) is 3.55. The van der Waals surface area contributed by atoms with Gasteiger partial charge in [-0.1, -0.05) is 24.3 Å². The van der Waals surface area contributed by atoms with E-state index in [9.17, 15) is 4.79 Å². The molecule has 0 bridgehead atoms. The van der Waals surface area contributed by atoms with Crippen molar-refractivity contribution in [1.82, 2.24) is 0 Å². The van der Waals surface area contributed by atoms with Crippen LogP contribution in [-0.2, 0) is 6.42 Å². The Morgan fingerprint density at radius 3 is 2.61 bits per heavy atom. The Hall–Kier alpha value is -2.59. The number of para-hydroxylation sites is 1. The van der Waals surface area contributed by atoms with Crippen molar-refractivity contribution in [3.8, 4) is 0 Å². The molecule has 0 saturated heterocycles. The predicted octanol–water partition coefficient (Wildman–Crippen LogP) is 4.69. The van der Waals surface area contributed by atoms with E-state index >= 15 is 0 Å². The van der Waals surface area contributed by atoms with E-state index in [0.29, 0.717) is 0 Å². The van der Waals surface area contributed by atoms with Crippen LogP contribution in [-0.4, -0.2) is 12.5 Å². The SMILES string of the molecule is O=C(Nc1ccc(N2CCc3ccccc32)cc1)c1cccs1. The van der Waals surface area contributed by atoms with Crippen LogP contribution in [0.2, 0.25) is 0 Å². The van der Waals surface area contributed by atoms with E-state index in [1.54, 1.807) is 0 Å². The molecule has 3 nitrogen and oxygen atoms in total. The summed E-state index contributed by atoms with van der Waals surface area (Å²) in [5.41, 5.74) is 4.65. The van der Waals surface area contributed by atoms with E-state index in [0.717, 1.165) is 29.2 Å². The summed E-state index contributed by atoms with van der Waals surface area (Å²) >= 11 is 1.45. The Morgan fingerprint density at radius 1 is 1.00 bits per heavy atom. The first-order valence-corrected chi connectivity index (χ1v) is 8.49. The van der Waals surface area contributed by atoms with Gasteiger partial charge in [0.05, 0.1) is 4.88 Å². The van der Waals surface area contributed by atoms with Crippen molar-refractivity contribution >= 4 is 34.3 Å². The average Bonchev–Trinajstić information content (AvgIpc) is 3.25. The van der Waals surface area contributed by atoms with E-state index in [1.807, 2.05) is 29.6 Å². The minimum Gasteiger partial charge on any atom is -0.341 e. The Kier molecular flexibility index (Phi) is 3.60. The third kappa shape index (κ3) is 2.73. The van der Waals surface area contributed by atoms with Crippen molar-refractivity contribution < 1.29 is 4.79 Å². The van der Waals surface area contributed by atoms with Gasteiger partial charge in [0.15, 0.2) is 0 Å². The van der Waals surface area contributed by atoms with Crippen LogP contribution in [0, 0.1) is 0 Å². The molecule has 3 aromatic rings. The highest BCUT2D eigenvalue weighted by Gasteiger charge is 2.19. The van der Waals surface area contributed by atoms with Gasteiger partial charge >= 0.3 is 0 Å². The summed E-state index contributed by atoms with van der Waals surface area (Å²) in [4.78, 5) is 15.1. The van der Waals surface area contributed by atoms with Crippen LogP contribution in [0.5, 0.6) is 0 Å². The maximum atomic E-state index is 12.1. The molecule has 1 aliphatic rings. The van der Waals surface area contributed by atoms with Crippen LogP contribution < -0.4 is 10.2 Å². The number of thiophene rings is 1. The zero-order chi connectivity index (χ0) is 15.6. The number of amides is 1. The van der Waals surface area contributed by atoms with Crippen LogP contribution >= 0.6 is 11.3 Å². The molecule has 1 aromatic heterocycles. The molecule has 1 aliphatic heterocycles. The molecule has 1 N–H and O–H groups in total. The normalized spacial score (nSPS) is 13.0. The monoisotopic (exact) mass is 320 g/mol. The molecule has 0 fully saturated rings. The Morgan fingerprint density at radius 2 is 1.83 bits per heavy atom. The largest absolute Gasteiger partial charge is 0.341 e. The number of nitrogens with one attached hydrogen (secondary N) is 1. The number of hydrogen-bond acceptors (Lipinski definition) is 3. The smallest absolute Gasteiger partial charge is 0.265 e. The number of benzene rings is 2. The summed E-state index contributed by atoms with van der Waals surface area (Å²) < 4.78 is 0. The molecule has 2 heterocycles. The lowest BCUT2D eigenvalue weighted by Gasteiger charge is -2.19. The maximum absolute atomic E-state index is 12.1. The van der Waals surface area contributed by atoms with Crippen LogP contribution in [0.1, 0.15) is 15.2 Å². The summed E-state index contributed by atoms with van der Waals surface area (Å²) in [6.07, 6.45) is 1.08. The van der Waals surface area contributed by atoms with Gasteiger partial charge in [0, 0.05) is 23.6 Å². The summed E-state index contributed by atoms with van der Waals surface area (Å²) in [5, 5.41) is 4.84. The molecule has 0 spiro atoms.